The van der Waals surface area contributed by atoms with E-state index in [1.54, 1.807) is 11.8 Å². The van der Waals surface area contributed by atoms with Crippen LogP contribution in [0.4, 0.5) is 0 Å². The Morgan fingerprint density at radius 2 is 2.06 bits per heavy atom. The Morgan fingerprint density at radius 3 is 2.62 bits per heavy atom. The lowest BCUT2D eigenvalue weighted by atomic mass is 9.88. The van der Waals surface area contributed by atoms with Crippen molar-refractivity contribution in [1.29, 1.82) is 0 Å². The maximum absolute atomic E-state index is 11.6. The van der Waals surface area contributed by atoms with Gasteiger partial charge in [-0.05, 0) is 31.4 Å². The molecule has 0 spiro atoms. The van der Waals surface area contributed by atoms with Crippen molar-refractivity contribution in [3.63, 3.8) is 0 Å². The number of carboxylic acids is 1. The highest BCUT2D eigenvalue weighted by Gasteiger charge is 2.46. The molecule has 0 aromatic heterocycles. The number of nitrogens with one attached hydrogen (secondary N) is 1. The smallest absolute Gasteiger partial charge is 0.325 e. The monoisotopic (exact) mass is 243 g/mol. The first kappa shape index (κ1) is 12.2. The summed E-state index contributed by atoms with van der Waals surface area (Å²) >= 11 is 1.79. The van der Waals surface area contributed by atoms with Crippen LogP contribution in [0.1, 0.15) is 45.4 Å². The SMILES string of the molecule is CC1SCCCC1(NC1CCCC1)C(=O)O. The molecule has 0 amide bonds. The lowest BCUT2D eigenvalue weighted by molar-refractivity contribution is -0.145. The lowest BCUT2D eigenvalue weighted by Crippen LogP contribution is -2.62. The van der Waals surface area contributed by atoms with Crippen LogP contribution in [-0.4, -0.2) is 33.7 Å². The fourth-order valence-corrected chi connectivity index (χ4v) is 4.16. The second-order valence-electron chi connectivity index (χ2n) is 5.02. The van der Waals surface area contributed by atoms with Gasteiger partial charge in [-0.15, -0.1) is 0 Å². The molecule has 1 saturated carbocycles. The highest BCUT2D eigenvalue weighted by atomic mass is 32.2. The Kier molecular flexibility index (Phi) is 3.80. The average molecular weight is 243 g/mol. The zero-order chi connectivity index (χ0) is 11.6. The van der Waals surface area contributed by atoms with Gasteiger partial charge in [-0.1, -0.05) is 19.8 Å². The Bertz CT molecular complexity index is 266. The molecule has 1 aliphatic heterocycles. The van der Waals surface area contributed by atoms with Gasteiger partial charge in [0.2, 0.25) is 0 Å². The van der Waals surface area contributed by atoms with E-state index in [0.717, 1.165) is 31.4 Å². The van der Waals surface area contributed by atoms with E-state index < -0.39 is 11.5 Å². The third-order valence-corrected chi connectivity index (χ3v) is 5.40. The molecule has 0 aromatic carbocycles. The van der Waals surface area contributed by atoms with Crippen molar-refractivity contribution >= 4 is 17.7 Å². The molecule has 2 rings (SSSR count). The Balaban J connectivity index is 2.10. The quantitative estimate of drug-likeness (QED) is 0.798. The van der Waals surface area contributed by atoms with E-state index in [1.807, 2.05) is 0 Å². The lowest BCUT2D eigenvalue weighted by Gasteiger charge is -2.41. The van der Waals surface area contributed by atoms with Crippen molar-refractivity contribution in [2.24, 2.45) is 0 Å². The van der Waals surface area contributed by atoms with Crippen LogP contribution in [0.5, 0.6) is 0 Å². The predicted octanol–water partition coefficient (Wildman–Crippen LogP) is 2.26. The summed E-state index contributed by atoms with van der Waals surface area (Å²) in [5.41, 5.74) is -0.669. The molecule has 2 atom stereocenters. The summed E-state index contributed by atoms with van der Waals surface area (Å²) < 4.78 is 0. The second kappa shape index (κ2) is 4.96. The van der Waals surface area contributed by atoms with Gasteiger partial charge < -0.3 is 5.11 Å². The molecule has 2 fully saturated rings. The van der Waals surface area contributed by atoms with Crippen LogP contribution >= 0.6 is 11.8 Å². The molecule has 1 heterocycles. The van der Waals surface area contributed by atoms with E-state index in [4.69, 9.17) is 0 Å². The van der Waals surface area contributed by atoms with Crippen molar-refractivity contribution < 1.29 is 9.90 Å². The van der Waals surface area contributed by atoms with Gasteiger partial charge in [-0.3, -0.25) is 10.1 Å². The number of carboxylic acid groups (broad SMARTS) is 1. The summed E-state index contributed by atoms with van der Waals surface area (Å²) in [5.74, 6) is 0.446. The molecule has 92 valence electrons. The minimum Gasteiger partial charge on any atom is -0.480 e. The zero-order valence-corrected chi connectivity index (χ0v) is 10.7. The molecule has 2 unspecified atom stereocenters. The fraction of sp³-hybridized carbons (Fsp3) is 0.917. The largest absolute Gasteiger partial charge is 0.480 e. The Hall–Kier alpha value is -0.220. The topological polar surface area (TPSA) is 49.3 Å². The van der Waals surface area contributed by atoms with E-state index in [2.05, 4.69) is 12.2 Å². The van der Waals surface area contributed by atoms with Crippen molar-refractivity contribution in [3.8, 4) is 0 Å². The molecule has 0 bridgehead atoms. The normalized spacial score (nSPS) is 36.4. The van der Waals surface area contributed by atoms with Gasteiger partial charge in [0.25, 0.3) is 0 Å². The van der Waals surface area contributed by atoms with Gasteiger partial charge in [0.05, 0.1) is 0 Å². The van der Waals surface area contributed by atoms with Gasteiger partial charge >= 0.3 is 5.97 Å². The molecule has 2 N–H and O–H groups in total. The molecule has 16 heavy (non-hydrogen) atoms. The minimum absolute atomic E-state index is 0.180. The van der Waals surface area contributed by atoms with Crippen LogP contribution < -0.4 is 5.32 Å². The highest BCUT2D eigenvalue weighted by molar-refractivity contribution is 8.00. The Labute approximate surface area is 101 Å². The summed E-state index contributed by atoms with van der Waals surface area (Å²) in [6.45, 7) is 2.06. The van der Waals surface area contributed by atoms with E-state index in [9.17, 15) is 9.90 Å². The predicted molar refractivity (Wildman–Crippen MR) is 66.9 cm³/mol. The van der Waals surface area contributed by atoms with Gasteiger partial charge in [0.15, 0.2) is 0 Å². The molecule has 4 heteroatoms. The highest BCUT2D eigenvalue weighted by Crippen LogP contribution is 2.36. The number of hydrogen-bond acceptors (Lipinski definition) is 3. The molecule has 3 nitrogen and oxygen atoms in total. The first-order chi connectivity index (χ1) is 7.65. The van der Waals surface area contributed by atoms with Crippen LogP contribution in [0.25, 0.3) is 0 Å². The molecule has 2 aliphatic rings. The minimum atomic E-state index is -0.669. The first-order valence-corrected chi connectivity index (χ1v) is 7.33. The number of thioether (sulfide) groups is 1. The number of aliphatic carboxylic acids is 1. The van der Waals surface area contributed by atoms with E-state index in [0.29, 0.717) is 6.04 Å². The van der Waals surface area contributed by atoms with Crippen molar-refractivity contribution in [3.05, 3.63) is 0 Å². The molecular formula is C12H21NO2S. The second-order valence-corrected chi connectivity index (χ2v) is 6.47. The number of rotatable bonds is 3. The van der Waals surface area contributed by atoms with Crippen LogP contribution in [-0.2, 0) is 4.79 Å². The van der Waals surface area contributed by atoms with Gasteiger partial charge in [-0.2, -0.15) is 11.8 Å². The molecular weight excluding hydrogens is 222 g/mol. The number of hydrogen-bond donors (Lipinski definition) is 2. The maximum atomic E-state index is 11.6. The van der Waals surface area contributed by atoms with E-state index in [-0.39, 0.29) is 5.25 Å². The van der Waals surface area contributed by atoms with Crippen molar-refractivity contribution in [2.45, 2.75) is 62.3 Å². The number of carbonyl (C=O) groups is 1. The van der Waals surface area contributed by atoms with Gasteiger partial charge in [0, 0.05) is 11.3 Å². The summed E-state index contributed by atoms with van der Waals surface area (Å²) in [6.07, 6.45) is 6.58. The van der Waals surface area contributed by atoms with Crippen LogP contribution in [0.2, 0.25) is 0 Å². The summed E-state index contributed by atoms with van der Waals surface area (Å²) in [7, 11) is 0. The van der Waals surface area contributed by atoms with E-state index in [1.165, 1.54) is 12.8 Å². The summed E-state index contributed by atoms with van der Waals surface area (Å²) in [5, 5.41) is 13.2. The molecule has 1 saturated heterocycles. The standard InChI is InChI=1S/C12H21NO2S/c1-9-12(11(14)15,7-4-8-16-9)13-10-5-2-3-6-10/h9-10,13H,2-8H2,1H3,(H,14,15). The van der Waals surface area contributed by atoms with Gasteiger partial charge in [0.1, 0.15) is 5.54 Å². The maximum Gasteiger partial charge on any atom is 0.325 e. The molecule has 0 radical (unpaired) electrons. The van der Waals surface area contributed by atoms with Crippen LogP contribution in [0.3, 0.4) is 0 Å². The Morgan fingerprint density at radius 1 is 1.38 bits per heavy atom. The third-order valence-electron chi connectivity index (χ3n) is 3.98. The third kappa shape index (κ3) is 2.23. The van der Waals surface area contributed by atoms with Crippen molar-refractivity contribution in [2.75, 3.05) is 5.75 Å². The first-order valence-electron chi connectivity index (χ1n) is 6.28. The zero-order valence-electron chi connectivity index (χ0n) is 9.87. The van der Waals surface area contributed by atoms with Gasteiger partial charge in [-0.25, -0.2) is 0 Å². The summed E-state index contributed by atoms with van der Waals surface area (Å²) in [6, 6.07) is 0.428. The summed E-state index contributed by atoms with van der Waals surface area (Å²) in [4.78, 5) is 11.6. The molecule has 1 aliphatic carbocycles. The average Bonchev–Trinajstić information content (AvgIpc) is 2.74. The fourth-order valence-electron chi connectivity index (χ4n) is 2.92. The van der Waals surface area contributed by atoms with E-state index >= 15 is 0 Å². The van der Waals surface area contributed by atoms with Crippen molar-refractivity contribution in [1.82, 2.24) is 5.32 Å². The van der Waals surface area contributed by atoms with Crippen LogP contribution in [0, 0.1) is 0 Å². The van der Waals surface area contributed by atoms with Crippen LogP contribution in [0.15, 0.2) is 0 Å². The molecule has 0 aromatic rings.